The SMILES string of the molecule is NC(=O)c1cccnc1CC(=O)NCc1ccccc1. The Kier molecular flexibility index (Phi) is 4.44. The smallest absolute Gasteiger partial charge is 0.250 e. The molecule has 102 valence electrons. The topological polar surface area (TPSA) is 85.1 Å². The summed E-state index contributed by atoms with van der Waals surface area (Å²) in [6, 6.07) is 12.8. The first-order valence-corrected chi connectivity index (χ1v) is 6.21. The van der Waals surface area contributed by atoms with Crippen LogP contribution in [0.15, 0.2) is 48.7 Å². The van der Waals surface area contributed by atoms with Gasteiger partial charge in [-0.25, -0.2) is 0 Å². The van der Waals surface area contributed by atoms with Gasteiger partial charge in [0, 0.05) is 12.7 Å². The summed E-state index contributed by atoms with van der Waals surface area (Å²) >= 11 is 0. The minimum atomic E-state index is -0.580. The van der Waals surface area contributed by atoms with Crippen LogP contribution in [0.4, 0.5) is 0 Å². The number of nitrogens with one attached hydrogen (secondary N) is 1. The molecule has 0 fully saturated rings. The molecule has 1 aromatic heterocycles. The number of aromatic nitrogens is 1. The average molecular weight is 269 g/mol. The number of nitrogens with two attached hydrogens (primary N) is 1. The third-order valence-corrected chi connectivity index (χ3v) is 2.82. The Morgan fingerprint density at radius 2 is 1.85 bits per heavy atom. The van der Waals surface area contributed by atoms with Crippen LogP contribution in [0.3, 0.4) is 0 Å². The van der Waals surface area contributed by atoms with Crippen LogP contribution < -0.4 is 11.1 Å². The zero-order chi connectivity index (χ0) is 14.4. The van der Waals surface area contributed by atoms with Gasteiger partial charge < -0.3 is 11.1 Å². The summed E-state index contributed by atoms with van der Waals surface area (Å²) in [6.45, 7) is 0.443. The molecule has 2 amide bonds. The molecule has 1 aromatic carbocycles. The Balaban J connectivity index is 1.97. The predicted octanol–water partition coefficient (Wildman–Crippen LogP) is 1.04. The Morgan fingerprint density at radius 1 is 1.10 bits per heavy atom. The lowest BCUT2D eigenvalue weighted by atomic mass is 10.1. The van der Waals surface area contributed by atoms with Gasteiger partial charge in [-0.2, -0.15) is 0 Å². The van der Waals surface area contributed by atoms with Crippen molar-refractivity contribution in [2.45, 2.75) is 13.0 Å². The molecule has 0 atom stereocenters. The van der Waals surface area contributed by atoms with E-state index in [4.69, 9.17) is 5.73 Å². The summed E-state index contributed by atoms with van der Waals surface area (Å²) in [5.41, 5.74) is 6.93. The van der Waals surface area contributed by atoms with E-state index < -0.39 is 5.91 Å². The minimum absolute atomic E-state index is 0.0337. The highest BCUT2D eigenvalue weighted by Gasteiger charge is 2.12. The molecule has 0 aliphatic rings. The van der Waals surface area contributed by atoms with Gasteiger partial charge in [0.25, 0.3) is 5.91 Å². The lowest BCUT2D eigenvalue weighted by Crippen LogP contribution is -2.26. The fourth-order valence-corrected chi connectivity index (χ4v) is 1.81. The zero-order valence-electron chi connectivity index (χ0n) is 10.9. The number of carbonyl (C=O) groups is 2. The molecule has 0 aliphatic heterocycles. The van der Waals surface area contributed by atoms with Crippen molar-refractivity contribution in [1.29, 1.82) is 0 Å². The molecular weight excluding hydrogens is 254 g/mol. The first-order chi connectivity index (χ1) is 9.66. The molecule has 2 rings (SSSR count). The third kappa shape index (κ3) is 3.65. The maximum Gasteiger partial charge on any atom is 0.250 e. The normalized spacial score (nSPS) is 10.0. The van der Waals surface area contributed by atoms with E-state index in [1.807, 2.05) is 30.3 Å². The van der Waals surface area contributed by atoms with Gasteiger partial charge in [0.2, 0.25) is 5.91 Å². The Labute approximate surface area is 116 Å². The molecule has 0 aliphatic carbocycles. The van der Waals surface area contributed by atoms with Crippen LogP contribution in [0, 0.1) is 0 Å². The number of nitrogens with zero attached hydrogens (tertiary/aromatic N) is 1. The number of primary amides is 1. The van der Waals surface area contributed by atoms with Crippen LogP contribution >= 0.6 is 0 Å². The second-order valence-electron chi connectivity index (χ2n) is 4.30. The molecule has 1 heterocycles. The van der Waals surface area contributed by atoms with Gasteiger partial charge in [-0.1, -0.05) is 30.3 Å². The van der Waals surface area contributed by atoms with Crippen molar-refractivity contribution in [2.75, 3.05) is 0 Å². The lowest BCUT2D eigenvalue weighted by Gasteiger charge is -2.07. The molecule has 5 heteroatoms. The van der Waals surface area contributed by atoms with Gasteiger partial charge in [0.15, 0.2) is 0 Å². The summed E-state index contributed by atoms with van der Waals surface area (Å²) < 4.78 is 0. The second-order valence-corrected chi connectivity index (χ2v) is 4.30. The summed E-state index contributed by atoms with van der Waals surface area (Å²) in [5.74, 6) is -0.779. The van der Waals surface area contributed by atoms with Gasteiger partial charge in [-0.15, -0.1) is 0 Å². The Hall–Kier alpha value is -2.69. The largest absolute Gasteiger partial charge is 0.366 e. The van der Waals surface area contributed by atoms with Gasteiger partial charge in [-0.3, -0.25) is 14.6 Å². The molecule has 0 saturated heterocycles. The quantitative estimate of drug-likeness (QED) is 0.850. The molecule has 0 saturated carbocycles. The number of carbonyl (C=O) groups excluding carboxylic acids is 2. The van der Waals surface area contributed by atoms with E-state index in [0.717, 1.165) is 5.56 Å². The molecular formula is C15H15N3O2. The van der Waals surface area contributed by atoms with Crippen LogP contribution in [0.1, 0.15) is 21.6 Å². The molecule has 5 nitrogen and oxygen atoms in total. The molecule has 0 bridgehead atoms. The summed E-state index contributed by atoms with van der Waals surface area (Å²) in [7, 11) is 0. The number of rotatable bonds is 5. The van der Waals surface area contributed by atoms with Gasteiger partial charge in [-0.05, 0) is 17.7 Å². The molecule has 20 heavy (non-hydrogen) atoms. The highest BCUT2D eigenvalue weighted by molar-refractivity contribution is 5.95. The predicted molar refractivity (Wildman–Crippen MR) is 74.7 cm³/mol. The van der Waals surface area contributed by atoms with Gasteiger partial charge in [0.05, 0.1) is 17.7 Å². The van der Waals surface area contributed by atoms with E-state index in [-0.39, 0.29) is 17.9 Å². The zero-order valence-corrected chi connectivity index (χ0v) is 10.9. The van der Waals surface area contributed by atoms with E-state index in [1.165, 1.54) is 6.20 Å². The first-order valence-electron chi connectivity index (χ1n) is 6.21. The van der Waals surface area contributed by atoms with Crippen LogP contribution in [-0.2, 0) is 17.8 Å². The number of amides is 2. The van der Waals surface area contributed by atoms with Gasteiger partial charge >= 0.3 is 0 Å². The fraction of sp³-hybridized carbons (Fsp3) is 0.133. The standard InChI is InChI=1S/C15H15N3O2/c16-15(20)12-7-4-8-17-13(12)9-14(19)18-10-11-5-2-1-3-6-11/h1-8H,9-10H2,(H2,16,20)(H,18,19). The third-order valence-electron chi connectivity index (χ3n) is 2.82. The van der Waals surface area contributed by atoms with Crippen LogP contribution in [0.2, 0.25) is 0 Å². The van der Waals surface area contributed by atoms with E-state index in [1.54, 1.807) is 12.1 Å². The molecule has 0 radical (unpaired) electrons. The van der Waals surface area contributed by atoms with Crippen molar-refractivity contribution in [2.24, 2.45) is 5.73 Å². The Bertz CT molecular complexity index is 612. The number of hydrogen-bond acceptors (Lipinski definition) is 3. The number of hydrogen-bond donors (Lipinski definition) is 2. The monoisotopic (exact) mass is 269 g/mol. The molecule has 3 N–H and O–H groups in total. The van der Waals surface area contributed by atoms with Crippen molar-refractivity contribution < 1.29 is 9.59 Å². The number of benzene rings is 1. The molecule has 2 aromatic rings. The van der Waals surface area contributed by atoms with E-state index >= 15 is 0 Å². The van der Waals surface area contributed by atoms with E-state index in [2.05, 4.69) is 10.3 Å². The minimum Gasteiger partial charge on any atom is -0.366 e. The van der Waals surface area contributed by atoms with E-state index in [0.29, 0.717) is 12.2 Å². The average Bonchev–Trinajstić information content (AvgIpc) is 2.46. The van der Waals surface area contributed by atoms with Crippen molar-refractivity contribution in [1.82, 2.24) is 10.3 Å². The van der Waals surface area contributed by atoms with Crippen molar-refractivity contribution in [3.63, 3.8) is 0 Å². The maximum absolute atomic E-state index is 11.9. The number of pyridine rings is 1. The highest BCUT2D eigenvalue weighted by Crippen LogP contribution is 2.05. The Morgan fingerprint density at radius 3 is 2.55 bits per heavy atom. The first kappa shape index (κ1) is 13.7. The van der Waals surface area contributed by atoms with Crippen molar-refractivity contribution >= 4 is 11.8 Å². The van der Waals surface area contributed by atoms with Crippen LogP contribution in [0.25, 0.3) is 0 Å². The van der Waals surface area contributed by atoms with Gasteiger partial charge in [0.1, 0.15) is 0 Å². The fourth-order valence-electron chi connectivity index (χ4n) is 1.81. The second kappa shape index (κ2) is 6.47. The summed E-state index contributed by atoms with van der Waals surface area (Å²) in [4.78, 5) is 27.1. The lowest BCUT2D eigenvalue weighted by molar-refractivity contribution is -0.120. The molecule has 0 spiro atoms. The maximum atomic E-state index is 11.9. The van der Waals surface area contributed by atoms with Crippen molar-refractivity contribution in [3.05, 3.63) is 65.5 Å². The highest BCUT2D eigenvalue weighted by atomic mass is 16.2. The summed E-state index contributed by atoms with van der Waals surface area (Å²) in [6.07, 6.45) is 1.57. The van der Waals surface area contributed by atoms with Crippen molar-refractivity contribution in [3.8, 4) is 0 Å². The summed E-state index contributed by atoms with van der Waals surface area (Å²) in [5, 5.41) is 2.78. The molecule has 0 unspecified atom stereocenters. The van der Waals surface area contributed by atoms with Crippen LogP contribution in [0.5, 0.6) is 0 Å². The van der Waals surface area contributed by atoms with Crippen LogP contribution in [-0.4, -0.2) is 16.8 Å². The van der Waals surface area contributed by atoms with E-state index in [9.17, 15) is 9.59 Å².